The first-order valence-corrected chi connectivity index (χ1v) is 10.6. The summed E-state index contributed by atoms with van der Waals surface area (Å²) in [7, 11) is -3.14. The molecule has 0 bridgehead atoms. The first kappa shape index (κ1) is 18.7. The quantitative estimate of drug-likeness (QED) is 0.757. The highest BCUT2D eigenvalue weighted by molar-refractivity contribution is 7.89. The number of rotatable bonds is 6. The molecule has 0 radical (unpaired) electrons. The van der Waals surface area contributed by atoms with Gasteiger partial charge in [0.15, 0.2) is 0 Å². The Bertz CT molecular complexity index is 479. The highest BCUT2D eigenvalue weighted by Gasteiger charge is 2.31. The van der Waals surface area contributed by atoms with Crippen molar-refractivity contribution in [2.75, 3.05) is 18.8 Å². The molecule has 0 spiro atoms. The van der Waals surface area contributed by atoms with Gasteiger partial charge in [0, 0.05) is 31.1 Å². The Balaban J connectivity index is 1.76. The van der Waals surface area contributed by atoms with E-state index in [2.05, 4.69) is 5.32 Å². The molecular weight excluding hydrogens is 314 g/mol. The molecule has 1 amide bonds. The number of nitrogens with one attached hydrogen (secondary N) is 1. The minimum atomic E-state index is -3.14. The molecule has 3 N–H and O–H groups in total. The van der Waals surface area contributed by atoms with Crippen molar-refractivity contribution in [2.45, 2.75) is 70.4 Å². The summed E-state index contributed by atoms with van der Waals surface area (Å²) in [6.45, 7) is 2.93. The molecule has 1 saturated carbocycles. The Labute approximate surface area is 140 Å². The first-order chi connectivity index (χ1) is 10.9. The summed E-state index contributed by atoms with van der Waals surface area (Å²) in [5.74, 6) is 0.266. The number of hydrogen-bond donors (Lipinski definition) is 2. The summed E-state index contributed by atoms with van der Waals surface area (Å²) in [5, 5.41) is 3.13. The summed E-state index contributed by atoms with van der Waals surface area (Å²) in [6.07, 6.45) is 6.69. The fourth-order valence-corrected chi connectivity index (χ4v) is 5.11. The van der Waals surface area contributed by atoms with Crippen LogP contribution in [0.1, 0.15) is 58.3 Å². The predicted octanol–water partition coefficient (Wildman–Crippen LogP) is 1.21. The molecular formula is C16H31N3O3S. The van der Waals surface area contributed by atoms with Crippen molar-refractivity contribution >= 4 is 15.9 Å². The van der Waals surface area contributed by atoms with E-state index < -0.39 is 10.0 Å². The van der Waals surface area contributed by atoms with E-state index >= 15 is 0 Å². The maximum Gasteiger partial charge on any atom is 0.223 e. The summed E-state index contributed by atoms with van der Waals surface area (Å²) < 4.78 is 25.9. The Kier molecular flexibility index (Phi) is 6.85. The Hall–Kier alpha value is -0.660. The minimum Gasteiger partial charge on any atom is -0.353 e. The molecule has 1 aliphatic carbocycles. The third-order valence-corrected chi connectivity index (χ3v) is 7.05. The molecule has 0 aromatic carbocycles. The lowest BCUT2D eigenvalue weighted by Gasteiger charge is -2.32. The van der Waals surface area contributed by atoms with Crippen LogP contribution >= 0.6 is 0 Å². The van der Waals surface area contributed by atoms with Crippen molar-refractivity contribution in [1.82, 2.24) is 9.62 Å². The van der Waals surface area contributed by atoms with Gasteiger partial charge >= 0.3 is 0 Å². The van der Waals surface area contributed by atoms with Crippen LogP contribution in [0, 0.1) is 5.92 Å². The lowest BCUT2D eigenvalue weighted by Crippen LogP contribution is -2.47. The van der Waals surface area contributed by atoms with Crippen molar-refractivity contribution in [3.05, 3.63) is 0 Å². The smallest absolute Gasteiger partial charge is 0.223 e. The van der Waals surface area contributed by atoms with Gasteiger partial charge in [-0.3, -0.25) is 4.79 Å². The Morgan fingerprint density at radius 3 is 2.30 bits per heavy atom. The molecule has 0 unspecified atom stereocenters. The topological polar surface area (TPSA) is 92.5 Å². The lowest BCUT2D eigenvalue weighted by atomic mass is 9.90. The second-order valence-corrected chi connectivity index (χ2v) is 9.05. The van der Waals surface area contributed by atoms with E-state index in [1.54, 1.807) is 4.31 Å². The highest BCUT2D eigenvalue weighted by Crippen LogP contribution is 2.22. The second-order valence-electron chi connectivity index (χ2n) is 6.96. The molecule has 23 heavy (non-hydrogen) atoms. The Morgan fingerprint density at radius 1 is 1.13 bits per heavy atom. The number of hydrogen-bond acceptors (Lipinski definition) is 4. The number of carbonyl (C=O) groups is 1. The van der Waals surface area contributed by atoms with E-state index in [-0.39, 0.29) is 29.7 Å². The van der Waals surface area contributed by atoms with Crippen LogP contribution in [0.25, 0.3) is 0 Å². The van der Waals surface area contributed by atoms with Crippen LogP contribution in [0.5, 0.6) is 0 Å². The molecule has 2 rings (SSSR count). The zero-order valence-electron chi connectivity index (χ0n) is 14.2. The van der Waals surface area contributed by atoms with Gasteiger partial charge in [-0.15, -0.1) is 0 Å². The standard InChI is InChI=1S/C16H31N3O3S/c1-2-3-12-23(21,22)19-10-8-13(9-11-19)16(20)18-15-6-4-14(17)5-7-15/h13-15H,2-12,17H2,1H3,(H,18,20). The van der Waals surface area contributed by atoms with Crippen LogP contribution in [0.15, 0.2) is 0 Å². The molecule has 0 aromatic rings. The van der Waals surface area contributed by atoms with Gasteiger partial charge in [0.25, 0.3) is 0 Å². The van der Waals surface area contributed by atoms with Crippen molar-refractivity contribution in [1.29, 1.82) is 0 Å². The molecule has 0 aromatic heterocycles. The number of unbranched alkanes of at least 4 members (excludes halogenated alkanes) is 1. The van der Waals surface area contributed by atoms with Gasteiger partial charge in [-0.05, 0) is 44.9 Å². The zero-order chi connectivity index (χ0) is 16.9. The maximum atomic E-state index is 12.4. The number of nitrogens with two attached hydrogens (primary N) is 1. The van der Waals surface area contributed by atoms with Crippen LogP contribution in [0.3, 0.4) is 0 Å². The van der Waals surface area contributed by atoms with Crippen LogP contribution in [0.4, 0.5) is 0 Å². The number of amides is 1. The minimum absolute atomic E-state index is 0.0526. The van der Waals surface area contributed by atoms with Gasteiger partial charge in [-0.25, -0.2) is 12.7 Å². The molecule has 1 heterocycles. The normalized spacial score (nSPS) is 27.7. The SMILES string of the molecule is CCCCS(=O)(=O)N1CCC(C(=O)NC2CCC(N)CC2)CC1. The summed E-state index contributed by atoms with van der Waals surface area (Å²) in [6, 6.07) is 0.522. The predicted molar refractivity (Wildman–Crippen MR) is 91.4 cm³/mol. The molecule has 2 fully saturated rings. The third kappa shape index (κ3) is 5.43. The van der Waals surface area contributed by atoms with E-state index in [0.717, 1.165) is 32.1 Å². The van der Waals surface area contributed by atoms with E-state index in [4.69, 9.17) is 5.73 Å². The zero-order valence-corrected chi connectivity index (χ0v) is 15.0. The van der Waals surface area contributed by atoms with Gasteiger partial charge in [0.05, 0.1) is 5.75 Å². The number of sulfonamides is 1. The molecule has 134 valence electrons. The fourth-order valence-electron chi connectivity index (χ4n) is 3.43. The Morgan fingerprint density at radius 2 is 1.74 bits per heavy atom. The van der Waals surface area contributed by atoms with E-state index in [1.807, 2.05) is 6.92 Å². The van der Waals surface area contributed by atoms with Crippen molar-refractivity contribution in [3.8, 4) is 0 Å². The number of nitrogens with zero attached hydrogens (tertiary/aromatic N) is 1. The average molecular weight is 346 g/mol. The monoisotopic (exact) mass is 345 g/mol. The van der Waals surface area contributed by atoms with Crippen LogP contribution < -0.4 is 11.1 Å². The molecule has 1 saturated heterocycles. The summed E-state index contributed by atoms with van der Waals surface area (Å²) in [4.78, 5) is 12.4. The first-order valence-electron chi connectivity index (χ1n) is 8.96. The number of carbonyl (C=O) groups excluding carboxylic acids is 1. The number of piperidine rings is 1. The van der Waals surface area contributed by atoms with Gasteiger partial charge in [0.1, 0.15) is 0 Å². The van der Waals surface area contributed by atoms with Gasteiger partial charge in [-0.2, -0.15) is 0 Å². The largest absolute Gasteiger partial charge is 0.353 e. The molecule has 1 aliphatic heterocycles. The van der Waals surface area contributed by atoms with Crippen LogP contribution in [-0.4, -0.2) is 49.6 Å². The van der Waals surface area contributed by atoms with E-state index in [0.29, 0.717) is 32.4 Å². The fraction of sp³-hybridized carbons (Fsp3) is 0.938. The molecule has 7 heteroatoms. The average Bonchev–Trinajstić information content (AvgIpc) is 2.55. The van der Waals surface area contributed by atoms with Gasteiger partial charge in [0.2, 0.25) is 15.9 Å². The van der Waals surface area contributed by atoms with Crippen LogP contribution in [0.2, 0.25) is 0 Å². The second kappa shape index (κ2) is 8.44. The highest BCUT2D eigenvalue weighted by atomic mass is 32.2. The lowest BCUT2D eigenvalue weighted by molar-refractivity contribution is -0.127. The molecule has 2 aliphatic rings. The van der Waals surface area contributed by atoms with E-state index in [9.17, 15) is 13.2 Å². The van der Waals surface area contributed by atoms with Gasteiger partial charge < -0.3 is 11.1 Å². The van der Waals surface area contributed by atoms with Crippen LogP contribution in [-0.2, 0) is 14.8 Å². The molecule has 0 atom stereocenters. The van der Waals surface area contributed by atoms with Crippen molar-refractivity contribution in [3.63, 3.8) is 0 Å². The molecule has 6 nitrogen and oxygen atoms in total. The summed E-state index contributed by atoms with van der Waals surface area (Å²) in [5.41, 5.74) is 5.89. The van der Waals surface area contributed by atoms with Crippen molar-refractivity contribution < 1.29 is 13.2 Å². The third-order valence-electron chi connectivity index (χ3n) is 5.09. The summed E-state index contributed by atoms with van der Waals surface area (Å²) >= 11 is 0. The van der Waals surface area contributed by atoms with E-state index in [1.165, 1.54) is 0 Å². The maximum absolute atomic E-state index is 12.4. The van der Waals surface area contributed by atoms with Crippen molar-refractivity contribution in [2.24, 2.45) is 11.7 Å². The van der Waals surface area contributed by atoms with Gasteiger partial charge in [-0.1, -0.05) is 13.3 Å².